The molecule has 0 unspecified atom stereocenters. The van der Waals surface area contributed by atoms with Gasteiger partial charge in [0, 0.05) is 6.54 Å². The highest BCUT2D eigenvalue weighted by atomic mass is 19.2. The molecule has 1 aromatic carbocycles. The lowest BCUT2D eigenvalue weighted by Gasteiger charge is -2.10. The third kappa shape index (κ3) is 2.60. The first-order valence-corrected chi connectivity index (χ1v) is 5.07. The number of nitrogens with one attached hydrogen (secondary N) is 1. The van der Waals surface area contributed by atoms with Crippen molar-refractivity contribution in [1.82, 2.24) is 5.32 Å². The van der Waals surface area contributed by atoms with Gasteiger partial charge in [-0.15, -0.1) is 0 Å². The van der Waals surface area contributed by atoms with Crippen molar-refractivity contribution in [1.29, 1.82) is 0 Å². The second-order valence-corrected chi connectivity index (χ2v) is 4.05. The summed E-state index contributed by atoms with van der Waals surface area (Å²) >= 11 is 0. The summed E-state index contributed by atoms with van der Waals surface area (Å²) in [5, 5.41) is 2.08. The number of amides is 1. The van der Waals surface area contributed by atoms with Gasteiger partial charge in [-0.3, -0.25) is 4.79 Å². The second-order valence-electron chi connectivity index (χ2n) is 4.05. The Morgan fingerprint density at radius 1 is 0.944 bits per heavy atom. The maximum Gasteiger partial charge on any atom is 0.257 e. The number of carbonyl (C=O) groups is 1. The van der Waals surface area contributed by atoms with E-state index in [1.807, 2.05) is 0 Å². The molecule has 0 aliphatic heterocycles. The average molecular weight is 267 g/mol. The lowest BCUT2D eigenvalue weighted by molar-refractivity contribution is 0.0937. The van der Waals surface area contributed by atoms with Crippen LogP contribution in [0.5, 0.6) is 0 Å². The van der Waals surface area contributed by atoms with Gasteiger partial charge >= 0.3 is 0 Å². The van der Waals surface area contributed by atoms with Crippen LogP contribution < -0.4 is 5.32 Å². The molecule has 0 saturated heterocycles. The van der Waals surface area contributed by atoms with Crippen LogP contribution in [-0.4, -0.2) is 12.5 Å². The summed E-state index contributed by atoms with van der Waals surface area (Å²) in [6.45, 7) is 3.47. The van der Waals surface area contributed by atoms with E-state index in [9.17, 15) is 26.7 Å². The molecule has 0 heterocycles. The van der Waals surface area contributed by atoms with Gasteiger partial charge in [0.15, 0.2) is 23.3 Å². The number of rotatable bonds is 3. The van der Waals surface area contributed by atoms with Gasteiger partial charge in [0.25, 0.3) is 5.91 Å². The topological polar surface area (TPSA) is 29.1 Å². The van der Waals surface area contributed by atoms with Crippen molar-refractivity contribution in [2.45, 2.75) is 13.8 Å². The van der Waals surface area contributed by atoms with Crippen LogP contribution in [0.3, 0.4) is 0 Å². The van der Waals surface area contributed by atoms with Gasteiger partial charge in [0.2, 0.25) is 5.82 Å². The van der Waals surface area contributed by atoms with Crippen LogP contribution >= 0.6 is 0 Å². The molecule has 0 radical (unpaired) electrons. The molecule has 0 aliphatic carbocycles. The molecule has 2 nitrogen and oxygen atoms in total. The van der Waals surface area contributed by atoms with Gasteiger partial charge in [-0.25, -0.2) is 22.0 Å². The van der Waals surface area contributed by atoms with E-state index in [-0.39, 0.29) is 12.5 Å². The van der Waals surface area contributed by atoms with Crippen LogP contribution in [0, 0.1) is 35.0 Å². The zero-order chi connectivity index (χ0) is 14.0. The van der Waals surface area contributed by atoms with Crippen molar-refractivity contribution in [3.05, 3.63) is 34.6 Å². The van der Waals surface area contributed by atoms with Gasteiger partial charge in [0.1, 0.15) is 5.56 Å². The van der Waals surface area contributed by atoms with Crippen molar-refractivity contribution >= 4 is 5.91 Å². The molecule has 1 aromatic rings. The minimum atomic E-state index is -2.29. The molecule has 0 saturated carbocycles. The third-order valence-electron chi connectivity index (χ3n) is 2.11. The summed E-state index contributed by atoms with van der Waals surface area (Å²) in [5.41, 5.74) is -1.47. The number of hydrogen-bond acceptors (Lipinski definition) is 1. The molecule has 0 aliphatic rings. The van der Waals surface area contributed by atoms with E-state index in [0.717, 1.165) is 0 Å². The summed E-state index contributed by atoms with van der Waals surface area (Å²) in [5.74, 6) is -12.2. The summed E-state index contributed by atoms with van der Waals surface area (Å²) in [6, 6.07) is 0. The van der Waals surface area contributed by atoms with Crippen molar-refractivity contribution in [3.8, 4) is 0 Å². The van der Waals surface area contributed by atoms with Gasteiger partial charge in [-0.1, -0.05) is 13.8 Å². The summed E-state index contributed by atoms with van der Waals surface area (Å²) in [6.07, 6.45) is 0. The highest BCUT2D eigenvalue weighted by Crippen LogP contribution is 2.22. The Labute approximate surface area is 99.8 Å². The number of benzene rings is 1. The molecular formula is C11H10F5NO. The highest BCUT2D eigenvalue weighted by molar-refractivity contribution is 5.94. The van der Waals surface area contributed by atoms with Crippen LogP contribution in [0.4, 0.5) is 22.0 Å². The highest BCUT2D eigenvalue weighted by Gasteiger charge is 2.29. The largest absolute Gasteiger partial charge is 0.352 e. The number of halogens is 5. The molecule has 100 valence electrons. The molecular weight excluding hydrogens is 257 g/mol. The quantitative estimate of drug-likeness (QED) is 0.509. The predicted molar refractivity (Wildman–Crippen MR) is 53.4 cm³/mol. The fraction of sp³-hybridized carbons (Fsp3) is 0.364. The van der Waals surface area contributed by atoms with E-state index in [0.29, 0.717) is 0 Å². The molecule has 0 atom stereocenters. The Balaban J connectivity index is 3.21. The van der Waals surface area contributed by atoms with Gasteiger partial charge in [-0.05, 0) is 5.92 Å². The monoisotopic (exact) mass is 267 g/mol. The zero-order valence-corrected chi connectivity index (χ0v) is 9.58. The van der Waals surface area contributed by atoms with Crippen LogP contribution in [-0.2, 0) is 0 Å². The van der Waals surface area contributed by atoms with E-state index >= 15 is 0 Å². The minimum absolute atomic E-state index is 0.0322. The van der Waals surface area contributed by atoms with Gasteiger partial charge < -0.3 is 5.32 Å². The predicted octanol–water partition coefficient (Wildman–Crippen LogP) is 2.77. The van der Waals surface area contributed by atoms with Crippen LogP contribution in [0.25, 0.3) is 0 Å². The zero-order valence-electron chi connectivity index (χ0n) is 9.58. The van der Waals surface area contributed by atoms with Crippen molar-refractivity contribution in [3.63, 3.8) is 0 Å². The van der Waals surface area contributed by atoms with Crippen LogP contribution in [0.15, 0.2) is 0 Å². The Bertz CT molecular complexity index is 458. The first-order valence-electron chi connectivity index (χ1n) is 5.07. The summed E-state index contributed by atoms with van der Waals surface area (Å²) in [4.78, 5) is 11.4. The number of hydrogen-bond donors (Lipinski definition) is 1. The first kappa shape index (κ1) is 14.4. The molecule has 0 fully saturated rings. The maximum atomic E-state index is 13.2. The van der Waals surface area contributed by atoms with Crippen molar-refractivity contribution in [2.24, 2.45) is 5.92 Å². The van der Waals surface area contributed by atoms with E-state index in [1.54, 1.807) is 13.8 Å². The van der Waals surface area contributed by atoms with E-state index in [4.69, 9.17) is 0 Å². The van der Waals surface area contributed by atoms with Crippen LogP contribution in [0.1, 0.15) is 24.2 Å². The fourth-order valence-corrected chi connectivity index (χ4v) is 1.19. The molecule has 0 aromatic heterocycles. The Hall–Kier alpha value is -1.66. The van der Waals surface area contributed by atoms with Gasteiger partial charge in [-0.2, -0.15) is 0 Å². The third-order valence-corrected chi connectivity index (χ3v) is 2.11. The molecule has 0 bridgehead atoms. The van der Waals surface area contributed by atoms with E-state index < -0.39 is 40.6 Å². The normalized spacial score (nSPS) is 10.9. The van der Waals surface area contributed by atoms with E-state index in [1.165, 1.54) is 0 Å². The molecule has 1 N–H and O–H groups in total. The van der Waals surface area contributed by atoms with E-state index in [2.05, 4.69) is 5.32 Å². The molecule has 1 amide bonds. The van der Waals surface area contributed by atoms with Gasteiger partial charge in [0.05, 0.1) is 0 Å². The number of carbonyl (C=O) groups excluding carboxylic acids is 1. The lowest BCUT2D eigenvalue weighted by atomic mass is 10.1. The average Bonchev–Trinajstić information content (AvgIpc) is 2.31. The molecule has 18 heavy (non-hydrogen) atoms. The summed E-state index contributed by atoms with van der Waals surface area (Å²) < 4.78 is 64.7. The van der Waals surface area contributed by atoms with Crippen molar-refractivity contribution < 1.29 is 26.7 Å². The summed E-state index contributed by atoms with van der Waals surface area (Å²) in [7, 11) is 0. The molecule has 0 spiro atoms. The Kier molecular flexibility index (Phi) is 4.26. The molecule has 7 heteroatoms. The molecule has 1 rings (SSSR count). The Morgan fingerprint density at radius 2 is 1.33 bits per heavy atom. The second kappa shape index (κ2) is 5.32. The SMILES string of the molecule is CC(C)CNC(=O)c1c(F)c(F)c(F)c(F)c1F. The first-order chi connectivity index (χ1) is 8.27. The standard InChI is InChI=1S/C11H10F5NO/c1-4(2)3-17-11(18)5-6(12)8(14)10(16)9(15)7(5)13/h4H,3H2,1-2H3,(H,17,18). The minimum Gasteiger partial charge on any atom is -0.352 e. The van der Waals surface area contributed by atoms with Crippen molar-refractivity contribution in [2.75, 3.05) is 6.54 Å². The smallest absolute Gasteiger partial charge is 0.257 e. The lowest BCUT2D eigenvalue weighted by Crippen LogP contribution is -2.30. The Morgan fingerprint density at radius 3 is 1.72 bits per heavy atom. The maximum absolute atomic E-state index is 13.2. The van der Waals surface area contributed by atoms with Crippen LogP contribution in [0.2, 0.25) is 0 Å². The fourth-order valence-electron chi connectivity index (χ4n) is 1.19.